The van der Waals surface area contributed by atoms with E-state index in [1.807, 2.05) is 18.3 Å². The van der Waals surface area contributed by atoms with Gasteiger partial charge in [0.15, 0.2) is 0 Å². The Hall–Kier alpha value is -1.39. The fourth-order valence-corrected chi connectivity index (χ4v) is 2.55. The van der Waals surface area contributed by atoms with Gasteiger partial charge in [-0.15, -0.1) is 11.3 Å². The van der Waals surface area contributed by atoms with E-state index in [4.69, 9.17) is 4.74 Å². The lowest BCUT2D eigenvalue weighted by molar-refractivity contribution is 0.305. The Morgan fingerprint density at radius 3 is 2.65 bits per heavy atom. The Bertz CT molecular complexity index is 520. The Balaban J connectivity index is 1.84. The first-order valence-corrected chi connectivity index (χ1v) is 7.87. The van der Waals surface area contributed by atoms with Crippen molar-refractivity contribution in [3.63, 3.8) is 0 Å². The third-order valence-corrected chi connectivity index (χ3v) is 3.95. The molecule has 2 rings (SSSR count). The molecule has 0 fully saturated rings. The second-order valence-electron chi connectivity index (χ2n) is 5.04. The summed E-state index contributed by atoms with van der Waals surface area (Å²) in [7, 11) is 0. The Morgan fingerprint density at radius 1 is 1.25 bits per heavy atom. The fourth-order valence-electron chi connectivity index (χ4n) is 1.77. The summed E-state index contributed by atoms with van der Waals surface area (Å²) in [5, 5.41) is 4.41. The van der Waals surface area contributed by atoms with Gasteiger partial charge in [0.1, 0.15) is 17.4 Å². The van der Waals surface area contributed by atoms with E-state index < -0.39 is 0 Å². The highest BCUT2D eigenvalue weighted by Gasteiger charge is 2.04. The summed E-state index contributed by atoms with van der Waals surface area (Å²) in [6, 6.07) is 8.75. The molecule has 0 aliphatic heterocycles. The highest BCUT2D eigenvalue weighted by atomic mass is 32.1. The van der Waals surface area contributed by atoms with E-state index in [1.54, 1.807) is 11.3 Å². The van der Waals surface area contributed by atoms with E-state index in [9.17, 15) is 0 Å². The smallest absolute Gasteiger partial charge is 0.140 e. The van der Waals surface area contributed by atoms with Crippen LogP contribution in [0.5, 0.6) is 5.75 Å². The van der Waals surface area contributed by atoms with Crippen molar-refractivity contribution in [1.29, 1.82) is 0 Å². The minimum absolute atomic E-state index is 0.494. The Morgan fingerprint density at radius 2 is 2.00 bits per heavy atom. The molecule has 0 amide bonds. The van der Waals surface area contributed by atoms with Crippen LogP contribution in [0.3, 0.4) is 0 Å². The van der Waals surface area contributed by atoms with Crippen LogP contribution in [0.25, 0.3) is 0 Å². The van der Waals surface area contributed by atoms with Gasteiger partial charge in [-0.25, -0.2) is 4.98 Å². The van der Waals surface area contributed by atoms with Gasteiger partial charge in [0.2, 0.25) is 0 Å². The summed E-state index contributed by atoms with van der Waals surface area (Å²) < 4.78 is 5.76. The van der Waals surface area contributed by atoms with Gasteiger partial charge in [-0.3, -0.25) is 0 Å². The average molecular weight is 290 g/mol. The maximum atomic E-state index is 5.76. The number of benzene rings is 1. The summed E-state index contributed by atoms with van der Waals surface area (Å²) in [5.41, 5.74) is 1.33. The number of aryl methyl sites for hydroxylation is 1. The zero-order valence-corrected chi connectivity index (χ0v) is 13.2. The average Bonchev–Trinajstić information content (AvgIpc) is 2.91. The normalized spacial score (nSPS) is 11.0. The molecular formula is C16H22N2OS. The Labute approximate surface area is 125 Å². The molecule has 0 spiro atoms. The highest BCUT2D eigenvalue weighted by molar-refractivity contribution is 7.11. The van der Waals surface area contributed by atoms with Crippen LogP contribution >= 0.6 is 11.3 Å². The van der Waals surface area contributed by atoms with E-state index in [0.29, 0.717) is 12.6 Å². The van der Waals surface area contributed by atoms with Crippen molar-refractivity contribution in [3.8, 4) is 5.75 Å². The molecule has 0 radical (unpaired) electrons. The van der Waals surface area contributed by atoms with Crippen LogP contribution in [0.15, 0.2) is 30.5 Å². The van der Waals surface area contributed by atoms with Crippen LogP contribution in [0.4, 0.5) is 0 Å². The van der Waals surface area contributed by atoms with E-state index in [0.717, 1.165) is 23.7 Å². The van der Waals surface area contributed by atoms with Crippen molar-refractivity contribution in [2.75, 3.05) is 0 Å². The molecule has 1 heterocycles. The van der Waals surface area contributed by atoms with Crippen molar-refractivity contribution in [1.82, 2.24) is 10.3 Å². The Kier molecular flexibility index (Phi) is 5.56. The first-order chi connectivity index (χ1) is 9.67. The molecule has 2 aromatic rings. The number of hydrogen-bond donors (Lipinski definition) is 1. The summed E-state index contributed by atoms with van der Waals surface area (Å²) in [5.74, 6) is 0.902. The number of rotatable bonds is 7. The quantitative estimate of drug-likeness (QED) is 0.842. The number of ether oxygens (including phenoxy) is 1. The third kappa shape index (κ3) is 4.62. The van der Waals surface area contributed by atoms with E-state index in [-0.39, 0.29) is 0 Å². The second kappa shape index (κ2) is 7.41. The number of aromatic nitrogens is 1. The van der Waals surface area contributed by atoms with E-state index in [1.165, 1.54) is 10.4 Å². The summed E-state index contributed by atoms with van der Waals surface area (Å²) >= 11 is 1.70. The molecular weight excluding hydrogens is 268 g/mol. The van der Waals surface area contributed by atoms with Crippen LogP contribution in [0.2, 0.25) is 0 Å². The van der Waals surface area contributed by atoms with Crippen LogP contribution in [0.1, 0.15) is 36.2 Å². The molecule has 1 aromatic carbocycles. The predicted octanol–water partition coefficient (Wildman–Crippen LogP) is 3.78. The van der Waals surface area contributed by atoms with Crippen molar-refractivity contribution < 1.29 is 4.74 Å². The van der Waals surface area contributed by atoms with Gasteiger partial charge in [-0.1, -0.05) is 32.9 Å². The molecule has 0 atom stereocenters. The topological polar surface area (TPSA) is 34.1 Å². The molecule has 3 nitrogen and oxygen atoms in total. The molecule has 20 heavy (non-hydrogen) atoms. The number of nitrogens with zero attached hydrogens (tertiary/aromatic N) is 1. The lowest BCUT2D eigenvalue weighted by Gasteiger charge is -2.05. The number of thiazole rings is 1. The third-order valence-electron chi connectivity index (χ3n) is 2.98. The van der Waals surface area contributed by atoms with Crippen LogP contribution in [0, 0.1) is 0 Å². The van der Waals surface area contributed by atoms with Crippen molar-refractivity contribution in [3.05, 3.63) is 45.9 Å². The first-order valence-electron chi connectivity index (χ1n) is 7.06. The maximum absolute atomic E-state index is 5.76. The van der Waals surface area contributed by atoms with Crippen LogP contribution in [-0.2, 0) is 19.6 Å². The molecule has 0 aliphatic carbocycles. The van der Waals surface area contributed by atoms with Gasteiger partial charge in [0, 0.05) is 23.7 Å². The molecule has 0 saturated carbocycles. The molecule has 1 aromatic heterocycles. The second-order valence-corrected chi connectivity index (χ2v) is 6.24. The molecule has 0 unspecified atom stereocenters. The van der Waals surface area contributed by atoms with E-state index >= 15 is 0 Å². The molecule has 4 heteroatoms. The summed E-state index contributed by atoms with van der Waals surface area (Å²) in [4.78, 5) is 5.65. The fraction of sp³-hybridized carbons (Fsp3) is 0.438. The predicted molar refractivity (Wildman–Crippen MR) is 84.2 cm³/mol. The highest BCUT2D eigenvalue weighted by Crippen LogP contribution is 2.17. The maximum Gasteiger partial charge on any atom is 0.140 e. The molecule has 0 saturated heterocycles. The van der Waals surface area contributed by atoms with Crippen molar-refractivity contribution in [2.45, 2.75) is 46.4 Å². The molecule has 0 aliphatic rings. The van der Waals surface area contributed by atoms with Crippen LogP contribution < -0.4 is 10.1 Å². The summed E-state index contributed by atoms with van der Waals surface area (Å²) in [6.45, 7) is 7.85. The zero-order valence-electron chi connectivity index (χ0n) is 12.3. The minimum atomic E-state index is 0.494. The number of nitrogens with one attached hydrogen (secondary N) is 1. The lowest BCUT2D eigenvalue weighted by atomic mass is 10.2. The van der Waals surface area contributed by atoms with Gasteiger partial charge in [-0.2, -0.15) is 0 Å². The summed E-state index contributed by atoms with van der Waals surface area (Å²) in [6.07, 6.45) is 2.98. The SMILES string of the molecule is CCc1ccc(OCc2ncc(CNC(C)C)s2)cc1. The minimum Gasteiger partial charge on any atom is -0.486 e. The molecule has 0 bridgehead atoms. The van der Waals surface area contributed by atoms with Crippen LogP contribution in [-0.4, -0.2) is 11.0 Å². The molecule has 108 valence electrons. The van der Waals surface area contributed by atoms with Crippen molar-refractivity contribution in [2.24, 2.45) is 0 Å². The van der Waals surface area contributed by atoms with Gasteiger partial charge in [0.25, 0.3) is 0 Å². The largest absolute Gasteiger partial charge is 0.486 e. The standard InChI is InChI=1S/C16H22N2OS/c1-4-13-5-7-14(8-6-13)19-11-16-18-10-15(20-16)9-17-12(2)3/h5-8,10,12,17H,4,9,11H2,1-3H3. The van der Waals surface area contributed by atoms with Gasteiger partial charge < -0.3 is 10.1 Å². The lowest BCUT2D eigenvalue weighted by Crippen LogP contribution is -2.21. The number of hydrogen-bond acceptors (Lipinski definition) is 4. The molecule has 1 N–H and O–H groups in total. The van der Waals surface area contributed by atoms with Crippen molar-refractivity contribution >= 4 is 11.3 Å². The van der Waals surface area contributed by atoms with E-state index in [2.05, 4.69) is 43.2 Å². The first kappa shape index (κ1) is 15.0. The zero-order chi connectivity index (χ0) is 14.4. The monoisotopic (exact) mass is 290 g/mol. The van der Waals surface area contributed by atoms with Gasteiger partial charge in [-0.05, 0) is 24.1 Å². The van der Waals surface area contributed by atoms with Gasteiger partial charge >= 0.3 is 0 Å². The van der Waals surface area contributed by atoms with Gasteiger partial charge in [0.05, 0.1) is 0 Å².